The fraction of sp³-hybridized carbons (Fsp3) is 0.647. The molecule has 0 unspecified atom stereocenters. The van der Waals surface area contributed by atoms with E-state index in [1.165, 1.54) is 0 Å². The van der Waals surface area contributed by atoms with Gasteiger partial charge in [-0.3, -0.25) is 9.69 Å². The van der Waals surface area contributed by atoms with Crippen LogP contribution >= 0.6 is 0 Å². The molecule has 136 valence electrons. The summed E-state index contributed by atoms with van der Waals surface area (Å²) in [6.45, 7) is 9.26. The minimum Gasteiger partial charge on any atom is -0.339 e. The second-order valence-corrected chi connectivity index (χ2v) is 7.08. The highest BCUT2D eigenvalue weighted by Crippen LogP contribution is 2.30. The number of aromatic nitrogens is 4. The van der Waals surface area contributed by atoms with Crippen LogP contribution in [0.3, 0.4) is 0 Å². The Balaban J connectivity index is 1.64. The van der Waals surface area contributed by atoms with E-state index in [2.05, 4.69) is 25.5 Å². The van der Waals surface area contributed by atoms with Gasteiger partial charge >= 0.3 is 0 Å². The first-order valence-electron chi connectivity index (χ1n) is 8.86. The molecule has 3 rings (SSSR count). The molecule has 1 fully saturated rings. The number of hydrogen-bond acceptors (Lipinski definition) is 6. The highest BCUT2D eigenvalue weighted by atomic mass is 16.5. The molecule has 0 spiro atoms. The molecule has 1 amide bonds. The lowest BCUT2D eigenvalue weighted by Gasteiger charge is -2.21. The van der Waals surface area contributed by atoms with Gasteiger partial charge in [0.1, 0.15) is 5.82 Å². The fourth-order valence-corrected chi connectivity index (χ4v) is 3.12. The molecule has 0 aromatic carbocycles. The molecule has 2 aromatic heterocycles. The third-order valence-corrected chi connectivity index (χ3v) is 4.39. The fourth-order valence-electron chi connectivity index (χ4n) is 3.12. The predicted octanol–water partition coefficient (Wildman–Crippen LogP) is 2.75. The standard InChI is InChI=1S/C17H26N6O2/c1-11(2)17-20-16(21-25-17)13-6-5-9-22(13)10-15(24)19-14-7-8-18-23(14)12(3)4/h7-8,11-13H,5-6,9-10H2,1-4H3,(H,19,24)/t13-/m1/s1. The van der Waals surface area contributed by atoms with Crippen molar-refractivity contribution in [3.05, 3.63) is 24.0 Å². The predicted molar refractivity (Wildman–Crippen MR) is 93.2 cm³/mol. The van der Waals surface area contributed by atoms with Crippen molar-refractivity contribution in [3.8, 4) is 0 Å². The number of amides is 1. The Hall–Kier alpha value is -2.22. The summed E-state index contributed by atoms with van der Waals surface area (Å²) in [7, 11) is 0. The van der Waals surface area contributed by atoms with Crippen LogP contribution in [0.1, 0.15) is 70.3 Å². The van der Waals surface area contributed by atoms with Gasteiger partial charge in [0.25, 0.3) is 0 Å². The number of nitrogens with one attached hydrogen (secondary N) is 1. The average molecular weight is 346 g/mol. The van der Waals surface area contributed by atoms with Gasteiger partial charge in [-0.15, -0.1) is 0 Å². The Morgan fingerprint density at radius 1 is 1.40 bits per heavy atom. The van der Waals surface area contributed by atoms with Crippen molar-refractivity contribution in [2.75, 3.05) is 18.4 Å². The molecule has 2 aromatic rings. The van der Waals surface area contributed by atoms with Crippen LogP contribution in [0.2, 0.25) is 0 Å². The topological polar surface area (TPSA) is 89.1 Å². The van der Waals surface area contributed by atoms with Gasteiger partial charge in [0.05, 0.1) is 18.8 Å². The van der Waals surface area contributed by atoms with E-state index < -0.39 is 0 Å². The zero-order valence-electron chi connectivity index (χ0n) is 15.3. The molecule has 8 nitrogen and oxygen atoms in total. The minimum atomic E-state index is -0.0538. The number of anilines is 1. The van der Waals surface area contributed by atoms with E-state index in [1.54, 1.807) is 10.9 Å². The third-order valence-electron chi connectivity index (χ3n) is 4.39. The Bertz CT molecular complexity index is 720. The molecular weight excluding hydrogens is 320 g/mol. The molecule has 1 aliphatic rings. The van der Waals surface area contributed by atoms with Crippen LogP contribution in [0.15, 0.2) is 16.8 Å². The molecule has 1 atom stereocenters. The lowest BCUT2D eigenvalue weighted by Crippen LogP contribution is -2.33. The highest BCUT2D eigenvalue weighted by Gasteiger charge is 2.31. The quantitative estimate of drug-likeness (QED) is 0.865. The van der Waals surface area contributed by atoms with Crippen molar-refractivity contribution in [3.63, 3.8) is 0 Å². The maximum absolute atomic E-state index is 12.5. The third kappa shape index (κ3) is 3.89. The summed E-state index contributed by atoms with van der Waals surface area (Å²) in [6, 6.07) is 2.05. The smallest absolute Gasteiger partial charge is 0.239 e. The molecule has 0 saturated carbocycles. The second kappa shape index (κ2) is 7.35. The Morgan fingerprint density at radius 2 is 2.20 bits per heavy atom. The number of carbonyl (C=O) groups is 1. The molecule has 0 bridgehead atoms. The Kier molecular flexibility index (Phi) is 5.17. The molecule has 3 heterocycles. The summed E-state index contributed by atoms with van der Waals surface area (Å²) in [5.41, 5.74) is 0. The van der Waals surface area contributed by atoms with E-state index in [0.29, 0.717) is 18.3 Å². The van der Waals surface area contributed by atoms with Crippen LogP contribution in [0.25, 0.3) is 0 Å². The van der Waals surface area contributed by atoms with Crippen LogP contribution in [0.4, 0.5) is 5.82 Å². The Labute approximate surface area is 147 Å². The molecule has 1 saturated heterocycles. The van der Waals surface area contributed by atoms with Crippen LogP contribution in [0.5, 0.6) is 0 Å². The first kappa shape index (κ1) is 17.6. The summed E-state index contributed by atoms with van der Waals surface area (Å²) < 4.78 is 7.12. The second-order valence-electron chi connectivity index (χ2n) is 7.08. The van der Waals surface area contributed by atoms with Gasteiger partial charge in [0, 0.05) is 18.0 Å². The lowest BCUT2D eigenvalue weighted by molar-refractivity contribution is -0.117. The summed E-state index contributed by atoms with van der Waals surface area (Å²) >= 11 is 0. The molecule has 1 aliphatic heterocycles. The van der Waals surface area contributed by atoms with Gasteiger partial charge in [0.15, 0.2) is 5.82 Å². The zero-order valence-corrected chi connectivity index (χ0v) is 15.3. The van der Waals surface area contributed by atoms with Gasteiger partial charge in [-0.25, -0.2) is 4.68 Å². The van der Waals surface area contributed by atoms with Crippen molar-refractivity contribution in [1.29, 1.82) is 0 Å². The summed E-state index contributed by atoms with van der Waals surface area (Å²) in [4.78, 5) is 19.1. The van der Waals surface area contributed by atoms with Crippen LogP contribution < -0.4 is 5.32 Å². The minimum absolute atomic E-state index is 0.0389. The number of likely N-dealkylation sites (tertiary alicyclic amines) is 1. The average Bonchev–Trinajstić information content (AvgIpc) is 3.25. The SMILES string of the molecule is CC(C)c1nc([C@H]2CCCN2CC(=O)Nc2ccnn2C(C)C)no1. The maximum Gasteiger partial charge on any atom is 0.239 e. The first-order chi connectivity index (χ1) is 12.0. The molecule has 1 N–H and O–H groups in total. The summed E-state index contributed by atoms with van der Waals surface area (Å²) in [5.74, 6) is 2.20. The van der Waals surface area contributed by atoms with E-state index in [1.807, 2.05) is 33.8 Å². The van der Waals surface area contributed by atoms with Gasteiger partial charge in [0.2, 0.25) is 11.8 Å². The highest BCUT2D eigenvalue weighted by molar-refractivity contribution is 5.91. The van der Waals surface area contributed by atoms with Gasteiger partial charge in [-0.1, -0.05) is 19.0 Å². The molecule has 8 heteroatoms. The van der Waals surface area contributed by atoms with E-state index in [-0.39, 0.29) is 23.9 Å². The van der Waals surface area contributed by atoms with E-state index in [9.17, 15) is 4.79 Å². The van der Waals surface area contributed by atoms with E-state index in [0.717, 1.165) is 25.2 Å². The van der Waals surface area contributed by atoms with Crippen molar-refractivity contribution in [2.24, 2.45) is 0 Å². The first-order valence-corrected chi connectivity index (χ1v) is 8.86. The van der Waals surface area contributed by atoms with Gasteiger partial charge in [-0.2, -0.15) is 10.1 Å². The lowest BCUT2D eigenvalue weighted by atomic mass is 10.2. The molecular formula is C17H26N6O2. The van der Waals surface area contributed by atoms with Crippen LogP contribution in [-0.4, -0.2) is 43.8 Å². The van der Waals surface area contributed by atoms with Crippen LogP contribution in [-0.2, 0) is 4.79 Å². The largest absolute Gasteiger partial charge is 0.339 e. The van der Waals surface area contributed by atoms with Gasteiger partial charge < -0.3 is 9.84 Å². The maximum atomic E-state index is 12.5. The normalized spacial score (nSPS) is 18.4. The number of nitrogens with zero attached hydrogens (tertiary/aromatic N) is 5. The molecule has 0 radical (unpaired) electrons. The summed E-state index contributed by atoms with van der Waals surface area (Å²) in [5, 5.41) is 11.3. The van der Waals surface area contributed by atoms with E-state index in [4.69, 9.17) is 4.52 Å². The number of hydrogen-bond donors (Lipinski definition) is 1. The van der Waals surface area contributed by atoms with Crippen molar-refractivity contribution in [2.45, 2.75) is 58.5 Å². The summed E-state index contributed by atoms with van der Waals surface area (Å²) in [6.07, 6.45) is 3.66. The number of rotatable bonds is 6. The van der Waals surface area contributed by atoms with E-state index >= 15 is 0 Å². The zero-order chi connectivity index (χ0) is 18.0. The monoisotopic (exact) mass is 346 g/mol. The van der Waals surface area contributed by atoms with Crippen molar-refractivity contribution >= 4 is 11.7 Å². The van der Waals surface area contributed by atoms with Crippen molar-refractivity contribution < 1.29 is 9.32 Å². The van der Waals surface area contributed by atoms with Crippen molar-refractivity contribution in [1.82, 2.24) is 24.8 Å². The van der Waals surface area contributed by atoms with Gasteiger partial charge in [-0.05, 0) is 33.2 Å². The number of carbonyl (C=O) groups excluding carboxylic acids is 1. The molecule has 0 aliphatic carbocycles. The Morgan fingerprint density at radius 3 is 2.88 bits per heavy atom. The van der Waals surface area contributed by atoms with Crippen LogP contribution in [0, 0.1) is 0 Å². The molecule has 25 heavy (non-hydrogen) atoms.